The Hall–Kier alpha value is -3.62. The average molecular weight is 416 g/mol. The maximum atomic E-state index is 13.1. The zero-order valence-electron chi connectivity index (χ0n) is 16.4. The summed E-state index contributed by atoms with van der Waals surface area (Å²) in [4.78, 5) is 33.0. The van der Waals surface area contributed by atoms with Crippen molar-refractivity contribution in [1.29, 1.82) is 0 Å². The molecule has 0 atom stereocenters. The molecule has 0 saturated carbocycles. The molecule has 2 aromatic heterocycles. The monoisotopic (exact) mass is 415 g/mol. The van der Waals surface area contributed by atoms with Gasteiger partial charge in [0, 0.05) is 17.3 Å². The molecular formula is C24H18ClN3O2. The van der Waals surface area contributed by atoms with Crippen LogP contribution in [0.3, 0.4) is 0 Å². The third-order valence-electron chi connectivity index (χ3n) is 4.91. The summed E-state index contributed by atoms with van der Waals surface area (Å²) in [5.74, 6) is 6.09. The highest BCUT2D eigenvalue weighted by Gasteiger charge is 2.31. The quantitative estimate of drug-likeness (QED) is 0.504. The van der Waals surface area contributed by atoms with Crippen LogP contribution in [0.5, 0.6) is 0 Å². The van der Waals surface area contributed by atoms with Crippen molar-refractivity contribution in [3.05, 3.63) is 110 Å². The Labute approximate surface area is 178 Å². The lowest BCUT2D eigenvalue weighted by Crippen LogP contribution is -2.47. The van der Waals surface area contributed by atoms with Crippen molar-refractivity contribution in [2.75, 3.05) is 0 Å². The second kappa shape index (κ2) is 7.66. The zero-order valence-corrected chi connectivity index (χ0v) is 17.2. The van der Waals surface area contributed by atoms with Gasteiger partial charge in [0.1, 0.15) is 0 Å². The number of pyridine rings is 1. The van der Waals surface area contributed by atoms with Gasteiger partial charge in [-0.2, -0.15) is 0 Å². The Morgan fingerprint density at radius 3 is 2.37 bits per heavy atom. The molecule has 0 amide bonds. The smallest absolute Gasteiger partial charge is 0.307 e. The molecule has 148 valence electrons. The van der Waals surface area contributed by atoms with Crippen LogP contribution in [0.1, 0.15) is 30.7 Å². The van der Waals surface area contributed by atoms with Crippen molar-refractivity contribution in [3.8, 4) is 11.8 Å². The molecule has 0 aliphatic heterocycles. The Morgan fingerprint density at radius 1 is 0.967 bits per heavy atom. The number of fused-ring (bicyclic) bond motifs is 1. The molecule has 0 spiro atoms. The van der Waals surface area contributed by atoms with Gasteiger partial charge in [-0.3, -0.25) is 9.78 Å². The number of nitrogens with zero attached hydrogens (tertiary/aromatic N) is 2. The van der Waals surface area contributed by atoms with Gasteiger partial charge in [0.15, 0.2) is 0 Å². The summed E-state index contributed by atoms with van der Waals surface area (Å²) >= 11 is 6.51. The normalized spacial score (nSPS) is 11.2. The summed E-state index contributed by atoms with van der Waals surface area (Å²) in [5.41, 5.74) is 0.439. The number of para-hydroxylation sites is 1. The van der Waals surface area contributed by atoms with Crippen LogP contribution in [0.25, 0.3) is 10.9 Å². The summed E-state index contributed by atoms with van der Waals surface area (Å²) in [5, 5.41) is 0.756. The van der Waals surface area contributed by atoms with Crippen LogP contribution in [0, 0.1) is 11.8 Å². The van der Waals surface area contributed by atoms with Gasteiger partial charge in [-0.15, -0.1) is 0 Å². The third-order valence-corrected chi connectivity index (χ3v) is 5.20. The topological polar surface area (TPSA) is 67.8 Å². The minimum atomic E-state index is -1.07. The number of rotatable bonds is 2. The number of aromatic amines is 1. The van der Waals surface area contributed by atoms with Gasteiger partial charge >= 0.3 is 5.69 Å². The van der Waals surface area contributed by atoms with Crippen LogP contribution in [0.15, 0.2) is 76.4 Å². The van der Waals surface area contributed by atoms with Gasteiger partial charge in [-0.05, 0) is 44.2 Å². The summed E-state index contributed by atoms with van der Waals surface area (Å²) in [6.45, 7) is 3.48. The van der Waals surface area contributed by atoms with Crippen LogP contribution in [-0.2, 0) is 5.54 Å². The SMILES string of the molecule is CC(C)(c1ncc(C#Cc2ccccc2)cc1Cl)n1c(=O)[nH]c2ccccc2c1=O. The molecule has 4 rings (SSSR count). The predicted molar refractivity (Wildman–Crippen MR) is 119 cm³/mol. The highest BCUT2D eigenvalue weighted by molar-refractivity contribution is 6.31. The van der Waals surface area contributed by atoms with E-state index in [1.807, 2.05) is 30.3 Å². The van der Waals surface area contributed by atoms with Gasteiger partial charge in [-0.1, -0.05) is 53.8 Å². The number of benzene rings is 2. The minimum absolute atomic E-state index is 0.333. The van der Waals surface area contributed by atoms with E-state index in [1.54, 1.807) is 50.4 Å². The van der Waals surface area contributed by atoms with Gasteiger partial charge < -0.3 is 4.98 Å². The molecule has 30 heavy (non-hydrogen) atoms. The number of aromatic nitrogens is 3. The largest absolute Gasteiger partial charge is 0.329 e. The highest BCUT2D eigenvalue weighted by atomic mass is 35.5. The van der Waals surface area contributed by atoms with Crippen LogP contribution in [0.2, 0.25) is 5.02 Å². The fraction of sp³-hybridized carbons (Fsp3) is 0.125. The zero-order chi connectivity index (χ0) is 21.3. The summed E-state index contributed by atoms with van der Waals surface area (Å²) in [6, 6.07) is 18.2. The fourth-order valence-electron chi connectivity index (χ4n) is 3.40. The summed E-state index contributed by atoms with van der Waals surface area (Å²) < 4.78 is 1.15. The Kier molecular flexibility index (Phi) is 5.03. The van der Waals surface area contributed by atoms with Gasteiger partial charge in [0.25, 0.3) is 5.56 Å². The molecule has 0 bridgehead atoms. The first-order valence-corrected chi connectivity index (χ1v) is 9.73. The fourth-order valence-corrected chi connectivity index (χ4v) is 3.80. The standard InChI is InChI=1S/C24H18ClN3O2/c1-24(2,28-22(29)18-10-6-7-11-20(18)27-23(28)30)21-19(25)14-17(15-26-21)13-12-16-8-4-3-5-9-16/h3-11,14-15H,1-2H3,(H,27,30). The molecule has 0 fully saturated rings. The first-order valence-electron chi connectivity index (χ1n) is 9.35. The molecule has 6 heteroatoms. The maximum absolute atomic E-state index is 13.1. The van der Waals surface area contributed by atoms with Crippen LogP contribution in [0.4, 0.5) is 0 Å². The number of hydrogen-bond donors (Lipinski definition) is 1. The van der Waals surface area contributed by atoms with Crippen LogP contribution >= 0.6 is 11.6 Å². The summed E-state index contributed by atoms with van der Waals surface area (Å²) in [7, 11) is 0. The highest BCUT2D eigenvalue weighted by Crippen LogP contribution is 2.28. The van der Waals surface area contributed by atoms with Crippen molar-refractivity contribution in [2.45, 2.75) is 19.4 Å². The molecule has 2 aromatic carbocycles. The molecule has 4 aromatic rings. The van der Waals surface area contributed by atoms with E-state index in [9.17, 15) is 9.59 Å². The lowest BCUT2D eigenvalue weighted by Gasteiger charge is -2.27. The maximum Gasteiger partial charge on any atom is 0.329 e. The van der Waals surface area contributed by atoms with E-state index in [0.717, 1.165) is 10.1 Å². The minimum Gasteiger partial charge on any atom is -0.307 e. The van der Waals surface area contributed by atoms with Crippen molar-refractivity contribution >= 4 is 22.5 Å². The van der Waals surface area contributed by atoms with Gasteiger partial charge in [0.05, 0.1) is 27.2 Å². The van der Waals surface area contributed by atoms with E-state index in [1.165, 1.54) is 0 Å². The molecule has 0 saturated heterocycles. The Bertz CT molecular complexity index is 1420. The van der Waals surface area contributed by atoms with Crippen molar-refractivity contribution in [3.63, 3.8) is 0 Å². The Balaban J connectivity index is 1.79. The molecule has 0 aliphatic rings. The second-order valence-corrected chi connectivity index (χ2v) is 7.75. The first-order chi connectivity index (χ1) is 14.4. The van der Waals surface area contributed by atoms with Crippen molar-refractivity contribution in [1.82, 2.24) is 14.5 Å². The van der Waals surface area contributed by atoms with E-state index in [2.05, 4.69) is 21.8 Å². The Morgan fingerprint density at radius 2 is 1.63 bits per heavy atom. The third kappa shape index (κ3) is 3.54. The van der Waals surface area contributed by atoms with Crippen molar-refractivity contribution < 1.29 is 0 Å². The molecule has 2 heterocycles. The lowest BCUT2D eigenvalue weighted by atomic mass is 9.98. The molecule has 1 N–H and O–H groups in total. The second-order valence-electron chi connectivity index (χ2n) is 7.35. The van der Waals surface area contributed by atoms with Crippen molar-refractivity contribution in [2.24, 2.45) is 0 Å². The van der Waals surface area contributed by atoms with Crippen LogP contribution < -0.4 is 11.2 Å². The number of halogens is 1. The van der Waals surface area contributed by atoms with Gasteiger partial charge in [-0.25, -0.2) is 9.36 Å². The number of nitrogens with one attached hydrogen (secondary N) is 1. The number of hydrogen-bond acceptors (Lipinski definition) is 3. The lowest BCUT2D eigenvalue weighted by molar-refractivity contribution is 0.394. The van der Waals surface area contributed by atoms with Crippen LogP contribution in [-0.4, -0.2) is 14.5 Å². The molecule has 0 aliphatic carbocycles. The molecular weight excluding hydrogens is 398 g/mol. The predicted octanol–water partition coefficient (Wildman–Crippen LogP) is 3.92. The van der Waals surface area contributed by atoms with E-state index < -0.39 is 16.8 Å². The average Bonchev–Trinajstić information content (AvgIpc) is 2.72. The van der Waals surface area contributed by atoms with Gasteiger partial charge in [0.2, 0.25) is 0 Å². The molecule has 5 nitrogen and oxygen atoms in total. The van der Waals surface area contributed by atoms with E-state index in [-0.39, 0.29) is 0 Å². The summed E-state index contributed by atoms with van der Waals surface area (Å²) in [6.07, 6.45) is 1.60. The first kappa shape index (κ1) is 19.7. The van der Waals surface area contributed by atoms with E-state index in [4.69, 9.17) is 11.6 Å². The number of H-pyrrole nitrogens is 1. The molecule has 0 radical (unpaired) electrons. The molecule has 0 unspecified atom stereocenters. The van der Waals surface area contributed by atoms with E-state index >= 15 is 0 Å². The van der Waals surface area contributed by atoms with E-state index in [0.29, 0.717) is 27.2 Å².